The number of hydrogen-bond donors (Lipinski definition) is 3. The summed E-state index contributed by atoms with van der Waals surface area (Å²) in [5.74, 6) is -3.38. The lowest BCUT2D eigenvalue weighted by Crippen LogP contribution is -2.62. The van der Waals surface area contributed by atoms with Crippen LogP contribution < -0.4 is 10.7 Å². The van der Waals surface area contributed by atoms with E-state index in [9.17, 15) is 32.7 Å². The SMILES string of the molecule is C/C=C(\C)S(=O)(=O)N1CC[C@H](C(=O)N(C)[C@H](C(=O)N[C@H]2Cc3cc(O)cc(c3)-c3ccc4c(c3)c3c(n4CC)-c4cccnc4[C@@H](OC)C3C(C)(C)COC(=O)[C@@H]3CCCN(N3)C2=O)C(C)C)C1. The van der Waals surface area contributed by atoms with Gasteiger partial charge in [0.25, 0.3) is 5.91 Å². The average molecular weight is 952 g/mol. The molecule has 0 spiro atoms. The molecule has 2 fully saturated rings. The Bertz CT molecular complexity index is 2780. The van der Waals surface area contributed by atoms with E-state index >= 15 is 0 Å². The van der Waals surface area contributed by atoms with Crippen molar-refractivity contribution < 1.29 is 42.2 Å². The van der Waals surface area contributed by atoms with E-state index in [4.69, 9.17) is 14.5 Å². The predicted octanol–water partition coefficient (Wildman–Crippen LogP) is 6.04. The molecule has 2 saturated heterocycles. The number of allylic oxidation sites excluding steroid dienone is 2. The number of nitrogens with zero attached hydrogens (tertiary/aromatic N) is 5. The van der Waals surface area contributed by atoms with E-state index in [-0.39, 0.29) is 55.1 Å². The van der Waals surface area contributed by atoms with Crippen molar-refractivity contribution in [2.45, 2.75) is 111 Å². The van der Waals surface area contributed by atoms with Gasteiger partial charge in [-0.05, 0) is 105 Å². The van der Waals surface area contributed by atoms with Crippen LogP contribution in [0.1, 0.15) is 96.6 Å². The molecule has 4 aliphatic rings. The zero-order valence-corrected chi connectivity index (χ0v) is 41.4. The summed E-state index contributed by atoms with van der Waals surface area (Å²) in [4.78, 5) is 64.1. The van der Waals surface area contributed by atoms with Gasteiger partial charge < -0.3 is 29.4 Å². The molecule has 0 saturated carbocycles. The molecule has 2 aromatic carbocycles. The van der Waals surface area contributed by atoms with Crippen LogP contribution in [0.15, 0.2) is 65.7 Å². The number of cyclic esters (lactones) is 1. The van der Waals surface area contributed by atoms with Gasteiger partial charge in [0.05, 0.1) is 28.8 Å². The van der Waals surface area contributed by atoms with Crippen LogP contribution in [-0.2, 0) is 51.6 Å². The molecule has 364 valence electrons. The van der Waals surface area contributed by atoms with Crippen LogP contribution in [0, 0.1) is 17.3 Å². The van der Waals surface area contributed by atoms with E-state index < -0.39 is 69.3 Å². The van der Waals surface area contributed by atoms with Gasteiger partial charge in [-0.1, -0.05) is 45.9 Å². The molecule has 4 aromatic rings. The maximum absolute atomic E-state index is 14.8. The van der Waals surface area contributed by atoms with Crippen molar-refractivity contribution in [2.24, 2.45) is 17.3 Å². The number of carbonyl (C=O) groups is 4. The molecule has 2 aromatic heterocycles. The minimum Gasteiger partial charge on any atom is -0.508 e. The van der Waals surface area contributed by atoms with Crippen LogP contribution in [0.25, 0.3) is 33.3 Å². The van der Waals surface area contributed by atoms with Gasteiger partial charge >= 0.3 is 5.97 Å². The average Bonchev–Trinajstić information content (AvgIpc) is 3.95. The van der Waals surface area contributed by atoms with Crippen molar-refractivity contribution in [1.29, 1.82) is 0 Å². The van der Waals surface area contributed by atoms with Crippen LogP contribution in [0.2, 0.25) is 0 Å². The number of aryl methyl sites for hydroxylation is 1. The number of carbonyl (C=O) groups excluding carboxylic acids is 4. The van der Waals surface area contributed by atoms with Gasteiger partial charge in [-0.3, -0.25) is 29.2 Å². The van der Waals surface area contributed by atoms with E-state index in [0.717, 1.165) is 39.0 Å². The first-order valence-electron chi connectivity index (χ1n) is 23.7. The quantitative estimate of drug-likeness (QED) is 0.166. The highest BCUT2D eigenvalue weighted by Crippen LogP contribution is 2.57. The number of ether oxygens (including phenoxy) is 2. The molecule has 3 aliphatic heterocycles. The molecular weight excluding hydrogens is 887 g/mol. The number of pyridine rings is 1. The Morgan fingerprint density at radius 2 is 1.87 bits per heavy atom. The number of phenolic OH excluding ortho intramolecular Hbond substituents is 1. The molecule has 16 nitrogen and oxygen atoms in total. The number of aromatic hydroxyl groups is 1. The number of esters is 1. The maximum Gasteiger partial charge on any atom is 0.324 e. The van der Waals surface area contributed by atoms with Gasteiger partial charge in [0, 0.05) is 80.8 Å². The fourth-order valence-corrected chi connectivity index (χ4v) is 12.4. The molecule has 6 atom stereocenters. The predicted molar refractivity (Wildman–Crippen MR) is 258 cm³/mol. The molecule has 68 heavy (non-hydrogen) atoms. The standard InChI is InChI=1S/C51H65N7O9S/c1-10-30(5)68(64,65)56-21-18-33(27-56)48(61)55(8)44(29(3)4)47(60)53-39-24-31-22-34(25-35(59)23-31)32-16-17-40-37(26-32)41-42(46(66-9)43-36(14-12-19-52-43)45(41)57(40)11-2)51(6,7)28-67-50(63)38-15-13-20-58(54-38)49(39)62/h10,12,14,16-17,19,22-23,25-26,29,33,38-39,42,44,46,54,59H,11,13,15,18,20-21,24,27-28H2,1-9H3,(H,53,60)/b30-10+/t33-,38-,39-,42?,44-,46-/m0/s1. The number of fused-ring (bicyclic) bond motifs is 8. The molecule has 3 N–H and O–H groups in total. The zero-order chi connectivity index (χ0) is 49.0. The number of sulfonamides is 1. The molecule has 1 unspecified atom stereocenters. The first-order chi connectivity index (χ1) is 32.3. The smallest absolute Gasteiger partial charge is 0.324 e. The highest BCUT2D eigenvalue weighted by Gasteiger charge is 2.48. The molecule has 8 rings (SSSR count). The van der Waals surface area contributed by atoms with Crippen LogP contribution in [-0.4, -0.2) is 120 Å². The Labute approximate surface area is 399 Å². The van der Waals surface area contributed by atoms with Crippen LogP contribution in [0.5, 0.6) is 5.75 Å². The van der Waals surface area contributed by atoms with E-state index in [0.29, 0.717) is 36.9 Å². The number of benzene rings is 2. The molecule has 5 heterocycles. The highest BCUT2D eigenvalue weighted by atomic mass is 32.2. The van der Waals surface area contributed by atoms with Crippen molar-refractivity contribution >= 4 is 44.6 Å². The second-order valence-corrected chi connectivity index (χ2v) is 21.9. The van der Waals surface area contributed by atoms with E-state index in [2.05, 4.69) is 54.3 Å². The van der Waals surface area contributed by atoms with Crippen molar-refractivity contribution in [3.8, 4) is 28.1 Å². The largest absolute Gasteiger partial charge is 0.508 e. The highest BCUT2D eigenvalue weighted by molar-refractivity contribution is 7.93. The number of aromatic nitrogens is 2. The Kier molecular flexibility index (Phi) is 13.7. The molecule has 0 radical (unpaired) electrons. The number of methoxy groups -OCH3 is 1. The normalized spacial score (nSPS) is 23.8. The number of nitrogens with one attached hydrogen (secondary N) is 2. The van der Waals surface area contributed by atoms with Gasteiger partial charge in [0.1, 0.15) is 30.0 Å². The number of likely N-dealkylation sites (N-methyl/N-ethyl adjacent to an activating group) is 1. The lowest BCUT2D eigenvalue weighted by Gasteiger charge is -2.42. The van der Waals surface area contributed by atoms with Crippen molar-refractivity contribution in [1.82, 2.24) is 34.5 Å². The third-order valence-electron chi connectivity index (χ3n) is 14.5. The number of rotatable bonds is 9. The summed E-state index contributed by atoms with van der Waals surface area (Å²) in [6.45, 7) is 14.1. The van der Waals surface area contributed by atoms with Gasteiger partial charge in [0.2, 0.25) is 21.8 Å². The van der Waals surface area contributed by atoms with Crippen molar-refractivity contribution in [2.75, 3.05) is 40.4 Å². The van der Waals surface area contributed by atoms with E-state index in [1.54, 1.807) is 32.4 Å². The summed E-state index contributed by atoms with van der Waals surface area (Å²) < 4.78 is 42.4. The summed E-state index contributed by atoms with van der Waals surface area (Å²) in [6, 6.07) is 12.3. The summed E-state index contributed by atoms with van der Waals surface area (Å²) in [6.07, 6.45) is 3.96. The number of hydrogen-bond acceptors (Lipinski definition) is 11. The molecule has 1 aliphatic carbocycles. The maximum atomic E-state index is 14.8. The summed E-state index contributed by atoms with van der Waals surface area (Å²) in [5, 5.41) is 16.7. The van der Waals surface area contributed by atoms with Crippen molar-refractivity contribution in [3.05, 3.63) is 82.5 Å². The zero-order valence-electron chi connectivity index (χ0n) is 40.5. The number of phenols is 1. The summed E-state index contributed by atoms with van der Waals surface area (Å²) >= 11 is 0. The fourth-order valence-electron chi connectivity index (χ4n) is 10.9. The fraction of sp³-hybridized carbons (Fsp3) is 0.510. The Balaban J connectivity index is 1.19. The summed E-state index contributed by atoms with van der Waals surface area (Å²) in [5.41, 5.74) is 9.35. The number of hydrazine groups is 1. The van der Waals surface area contributed by atoms with Gasteiger partial charge in [0.15, 0.2) is 0 Å². The molecular formula is C51H65N7O9S. The van der Waals surface area contributed by atoms with Gasteiger partial charge in [-0.15, -0.1) is 0 Å². The lowest BCUT2D eigenvalue weighted by atomic mass is 9.67. The molecule has 6 bridgehead atoms. The van der Waals surface area contributed by atoms with Crippen LogP contribution in [0.3, 0.4) is 0 Å². The monoisotopic (exact) mass is 951 g/mol. The summed E-state index contributed by atoms with van der Waals surface area (Å²) in [7, 11) is -0.507. The molecule has 3 amide bonds. The first kappa shape index (κ1) is 48.8. The minimum absolute atomic E-state index is 0.00860. The second kappa shape index (κ2) is 19.1. The number of amides is 3. The second-order valence-electron chi connectivity index (χ2n) is 19.8. The van der Waals surface area contributed by atoms with Gasteiger partial charge in [-0.25, -0.2) is 13.8 Å². The van der Waals surface area contributed by atoms with Crippen LogP contribution in [0.4, 0.5) is 0 Å². The first-order valence-corrected chi connectivity index (χ1v) is 25.2. The Morgan fingerprint density at radius 1 is 1.10 bits per heavy atom. The Morgan fingerprint density at radius 3 is 2.57 bits per heavy atom. The molecule has 17 heteroatoms. The van der Waals surface area contributed by atoms with Crippen molar-refractivity contribution in [3.63, 3.8) is 0 Å². The third-order valence-corrected chi connectivity index (χ3v) is 16.6. The minimum atomic E-state index is -3.72. The third kappa shape index (κ3) is 8.82. The van der Waals surface area contributed by atoms with Crippen LogP contribution >= 0.6 is 0 Å². The van der Waals surface area contributed by atoms with Gasteiger partial charge in [-0.2, -0.15) is 4.31 Å². The Hall–Kier alpha value is -5.62. The van der Waals surface area contributed by atoms with E-state index in [1.165, 1.54) is 34.3 Å². The lowest BCUT2D eigenvalue weighted by molar-refractivity contribution is -0.156. The van der Waals surface area contributed by atoms with E-state index in [1.807, 2.05) is 32.0 Å². The topological polar surface area (TPSA) is 193 Å².